The summed E-state index contributed by atoms with van der Waals surface area (Å²) in [7, 11) is 0. The Labute approximate surface area is 367 Å². The Kier molecular flexibility index (Phi) is 22.9. The second kappa shape index (κ2) is 26.9. The monoisotopic (exact) mass is 893 g/mol. The van der Waals surface area contributed by atoms with Gasteiger partial charge in [0.1, 0.15) is 23.9 Å². The first-order chi connectivity index (χ1) is 29.8. The van der Waals surface area contributed by atoms with E-state index in [-0.39, 0.29) is 44.6 Å². The first-order valence-corrected chi connectivity index (χ1v) is 21.3. The minimum absolute atomic E-state index is 0.135. The number of hydrogen-bond acceptors (Lipinski definition) is 17. The first-order valence-electron chi connectivity index (χ1n) is 21.3. The molecule has 0 aromatic heterocycles. The molecule has 3 rings (SSSR count). The molecule has 2 saturated heterocycles. The zero-order valence-corrected chi connectivity index (χ0v) is 35.7. The number of esters is 1. The lowest BCUT2D eigenvalue weighted by Gasteiger charge is -2.45. The van der Waals surface area contributed by atoms with E-state index in [0.717, 1.165) is 0 Å². The van der Waals surface area contributed by atoms with Crippen LogP contribution in [0.4, 0.5) is 0 Å². The van der Waals surface area contributed by atoms with Gasteiger partial charge >= 0.3 is 11.9 Å². The Morgan fingerprint density at radius 3 is 1.87 bits per heavy atom. The van der Waals surface area contributed by atoms with Crippen molar-refractivity contribution >= 4 is 17.7 Å². The number of rotatable bonds is 3. The molecule has 2 bridgehead atoms. The van der Waals surface area contributed by atoms with E-state index in [1.54, 1.807) is 85.9 Å². The van der Waals surface area contributed by atoms with Gasteiger partial charge in [-0.3, -0.25) is 14.4 Å². The Balaban J connectivity index is 1.83. The number of cyclic esters (lactones) is 1. The topological polar surface area (TPSA) is 316 Å². The van der Waals surface area contributed by atoms with Crippen LogP contribution in [0.5, 0.6) is 0 Å². The second-order valence-electron chi connectivity index (χ2n) is 16.5. The van der Waals surface area contributed by atoms with Crippen LogP contribution < -0.4 is 5.73 Å². The first kappa shape index (κ1) is 53.6. The van der Waals surface area contributed by atoms with Crippen molar-refractivity contribution in [1.29, 1.82) is 0 Å². The molecule has 0 radical (unpaired) electrons. The van der Waals surface area contributed by atoms with Crippen LogP contribution in [0.15, 0.2) is 85.1 Å². The highest BCUT2D eigenvalue weighted by Crippen LogP contribution is 2.38. The molecule has 3 aliphatic rings. The number of carbonyl (C=O) groups is 3. The quantitative estimate of drug-likeness (QED) is 0.170. The van der Waals surface area contributed by atoms with Crippen molar-refractivity contribution in [3.05, 3.63) is 85.1 Å². The number of aliphatic hydroxyl groups excluding tert-OH is 8. The Hall–Kier alpha value is -3.73. The number of hydrogen-bond donors (Lipinski definition) is 11. The van der Waals surface area contributed by atoms with Crippen molar-refractivity contribution in [2.24, 2.45) is 17.6 Å². The Morgan fingerprint density at radius 1 is 0.714 bits per heavy atom. The molecule has 0 aliphatic carbocycles. The summed E-state index contributed by atoms with van der Waals surface area (Å²) in [4.78, 5) is 37.5. The average molecular weight is 894 g/mol. The minimum Gasteiger partial charge on any atom is -0.481 e. The molecule has 3 aliphatic heterocycles. The SMILES string of the molecule is C[C@H]1C[C@H](O)[C@@H](C)/C=C/C=C/C=C/C=C/C=C/C=C/C=C/C(O[C@@H]2OC[C@@H](O)[C@H](N)[C@@H]2O)C[C@@H]2O[C@](O)(C[C@@H](O)[C@H](O)CCC(=O)C[C@@H](O)C[C@@H](O)CC(=O)O1)C[C@H](O)[C@H]2C(=O)O. The fraction of sp³-hybridized carbons (Fsp3) is 0.622. The summed E-state index contributed by atoms with van der Waals surface area (Å²) < 4.78 is 22.7. The largest absolute Gasteiger partial charge is 0.481 e. The number of Topliss-reactive ketones (excluding diaryl/α,β-unsaturated/α-hetero) is 1. The van der Waals surface area contributed by atoms with E-state index >= 15 is 0 Å². The van der Waals surface area contributed by atoms with Gasteiger partial charge in [0.15, 0.2) is 12.1 Å². The lowest BCUT2D eigenvalue weighted by atomic mass is 9.82. The fourth-order valence-electron chi connectivity index (χ4n) is 7.34. The van der Waals surface area contributed by atoms with Crippen LogP contribution >= 0.6 is 0 Å². The lowest BCUT2D eigenvalue weighted by molar-refractivity contribution is -0.307. The number of nitrogens with two attached hydrogens (primary N) is 1. The van der Waals surface area contributed by atoms with E-state index in [0.29, 0.717) is 0 Å². The zero-order chi connectivity index (χ0) is 46.7. The molecule has 2 fully saturated rings. The van der Waals surface area contributed by atoms with Crippen LogP contribution in [0.1, 0.15) is 71.6 Å². The number of aliphatic hydroxyl groups is 9. The summed E-state index contributed by atoms with van der Waals surface area (Å²) in [6.07, 6.45) is 4.83. The zero-order valence-electron chi connectivity index (χ0n) is 35.7. The normalized spacial score (nSPS) is 43.0. The van der Waals surface area contributed by atoms with E-state index in [9.17, 15) is 65.4 Å². The Bertz CT molecular complexity index is 1640. The molecule has 354 valence electrons. The molecule has 0 aromatic carbocycles. The third-order valence-electron chi connectivity index (χ3n) is 10.9. The average Bonchev–Trinajstić information content (AvgIpc) is 3.18. The number of carbonyl (C=O) groups excluding carboxylic acids is 2. The van der Waals surface area contributed by atoms with Gasteiger partial charge in [0.25, 0.3) is 0 Å². The molecule has 0 spiro atoms. The molecular weight excluding hydrogens is 826 g/mol. The molecule has 0 amide bonds. The van der Waals surface area contributed by atoms with Crippen LogP contribution in [-0.4, -0.2) is 161 Å². The number of fused-ring (bicyclic) bond motifs is 2. The Morgan fingerprint density at radius 2 is 1.27 bits per heavy atom. The summed E-state index contributed by atoms with van der Waals surface area (Å²) in [5, 5.41) is 106. The van der Waals surface area contributed by atoms with Crippen molar-refractivity contribution in [1.82, 2.24) is 0 Å². The highest BCUT2D eigenvalue weighted by atomic mass is 16.7. The number of ether oxygens (including phenoxy) is 4. The van der Waals surface area contributed by atoms with Crippen molar-refractivity contribution < 1.29 is 84.4 Å². The van der Waals surface area contributed by atoms with Crippen LogP contribution in [0.2, 0.25) is 0 Å². The number of ketones is 1. The van der Waals surface area contributed by atoms with Gasteiger partial charge in [-0.1, -0.05) is 92.0 Å². The maximum absolute atomic E-state index is 12.7. The van der Waals surface area contributed by atoms with Gasteiger partial charge in [0.05, 0.1) is 74.0 Å². The number of allylic oxidation sites excluding steroid dienone is 12. The van der Waals surface area contributed by atoms with E-state index in [1.165, 1.54) is 6.08 Å². The summed E-state index contributed by atoms with van der Waals surface area (Å²) >= 11 is 0. The highest BCUT2D eigenvalue weighted by molar-refractivity contribution is 5.78. The van der Waals surface area contributed by atoms with Crippen LogP contribution in [-0.2, 0) is 33.3 Å². The molecule has 0 saturated carbocycles. The van der Waals surface area contributed by atoms with Crippen molar-refractivity contribution in [3.8, 4) is 0 Å². The molecule has 3 heterocycles. The maximum Gasteiger partial charge on any atom is 0.311 e. The van der Waals surface area contributed by atoms with Gasteiger partial charge in [-0.2, -0.15) is 0 Å². The van der Waals surface area contributed by atoms with Gasteiger partial charge in [-0.15, -0.1) is 0 Å². The van der Waals surface area contributed by atoms with E-state index in [2.05, 4.69) is 0 Å². The molecule has 16 atom stereocenters. The number of aliphatic carboxylic acids is 1. The predicted octanol–water partition coefficient (Wildman–Crippen LogP) is 0.285. The maximum atomic E-state index is 12.7. The molecular formula is C45H67NO17. The summed E-state index contributed by atoms with van der Waals surface area (Å²) in [5.74, 6) is -7.00. The molecule has 0 aromatic rings. The molecule has 12 N–H and O–H groups in total. The number of carboxylic acids is 1. The molecule has 63 heavy (non-hydrogen) atoms. The van der Waals surface area contributed by atoms with E-state index in [4.69, 9.17) is 24.7 Å². The minimum atomic E-state index is -2.37. The van der Waals surface area contributed by atoms with Crippen LogP contribution in [0, 0.1) is 11.8 Å². The van der Waals surface area contributed by atoms with Gasteiger partial charge in [-0.05, 0) is 13.3 Å². The van der Waals surface area contributed by atoms with Gasteiger partial charge in [-0.25, -0.2) is 0 Å². The molecule has 1 unspecified atom stereocenters. The summed E-state index contributed by atoms with van der Waals surface area (Å²) in [5.41, 5.74) is 5.92. The van der Waals surface area contributed by atoms with Crippen molar-refractivity contribution in [2.45, 2.75) is 157 Å². The van der Waals surface area contributed by atoms with E-state index in [1.807, 2.05) is 6.92 Å². The summed E-state index contributed by atoms with van der Waals surface area (Å²) in [6.45, 7) is 3.15. The third kappa shape index (κ3) is 19.1. The molecule has 18 heteroatoms. The summed E-state index contributed by atoms with van der Waals surface area (Å²) in [6, 6.07) is -1.13. The lowest BCUT2D eigenvalue weighted by Crippen LogP contribution is -2.59. The highest BCUT2D eigenvalue weighted by Gasteiger charge is 2.51. The van der Waals surface area contributed by atoms with Gasteiger partial charge in [0.2, 0.25) is 0 Å². The van der Waals surface area contributed by atoms with Crippen LogP contribution in [0.25, 0.3) is 0 Å². The smallest absolute Gasteiger partial charge is 0.311 e. The van der Waals surface area contributed by atoms with Crippen LogP contribution in [0.3, 0.4) is 0 Å². The number of carboxylic acid groups (broad SMARTS) is 1. The van der Waals surface area contributed by atoms with Gasteiger partial charge < -0.3 is 75.7 Å². The van der Waals surface area contributed by atoms with Gasteiger partial charge in [0, 0.05) is 50.9 Å². The molecule has 18 nitrogen and oxygen atoms in total. The predicted molar refractivity (Wildman–Crippen MR) is 227 cm³/mol. The third-order valence-corrected chi connectivity index (χ3v) is 10.9. The van der Waals surface area contributed by atoms with Crippen molar-refractivity contribution in [3.63, 3.8) is 0 Å². The van der Waals surface area contributed by atoms with E-state index < -0.39 is 135 Å². The second-order valence-corrected chi connectivity index (χ2v) is 16.5. The van der Waals surface area contributed by atoms with Crippen molar-refractivity contribution in [2.75, 3.05) is 6.61 Å². The fourth-order valence-corrected chi connectivity index (χ4v) is 7.34. The standard InChI is InChI=1S/C45H67NO17/c1-27-15-13-11-9-7-5-3-4-6-8-10-12-14-16-32(62-44-42(56)41(46)37(54)26-60-44)23-38-40(43(57)58)36(53)25-45(59,63-38)24-35(52)33(50)18-17-29(47)20-30(48)21-31(49)22-39(55)61-28(2)19-34(27)51/h3-16,27-28,30-38,40-42,44,48-54,56,59H,17-26,46H2,1-2H3,(H,57,58)/b4-3+,7-5+,8-6+,11-9+,12-10+,15-13+,16-14+/t27-,28-,30+,31+,32?,33+,34-,35+,36-,37+,38-,40+,41-,42-,44-,45+/m0/s1.